The van der Waals surface area contributed by atoms with Gasteiger partial charge in [-0.25, -0.2) is 0 Å². The minimum absolute atomic E-state index is 0.160. The van der Waals surface area contributed by atoms with Crippen molar-refractivity contribution in [3.8, 4) is 0 Å². The van der Waals surface area contributed by atoms with Crippen LogP contribution in [0, 0.1) is 0 Å². The van der Waals surface area contributed by atoms with Crippen LogP contribution >= 0.6 is 0 Å². The summed E-state index contributed by atoms with van der Waals surface area (Å²) in [6, 6.07) is 0. The number of hydrogen-bond acceptors (Lipinski definition) is 3. The molecule has 1 rings (SSSR count). The summed E-state index contributed by atoms with van der Waals surface area (Å²) >= 11 is 0. The maximum Gasteiger partial charge on any atom is 0.185 e. The van der Waals surface area contributed by atoms with Crippen LogP contribution in [0.4, 0.5) is 0 Å². The predicted molar refractivity (Wildman–Crippen MR) is 81.0 cm³/mol. The van der Waals surface area contributed by atoms with Gasteiger partial charge in [-0.05, 0) is 18.9 Å². The maximum absolute atomic E-state index is 5.30. The lowest BCUT2D eigenvalue weighted by Gasteiger charge is -2.21. The molecule has 5 heteroatoms. The first-order valence-electron chi connectivity index (χ1n) is 6.75. The summed E-state index contributed by atoms with van der Waals surface area (Å²) in [6.45, 7) is 3.75. The molecule has 1 aliphatic heterocycles. The fourth-order valence-corrected chi connectivity index (χ4v) is 1.80. The minimum atomic E-state index is 0.160. The van der Waals surface area contributed by atoms with E-state index in [9.17, 15) is 0 Å². The van der Waals surface area contributed by atoms with Gasteiger partial charge < -0.3 is 21.3 Å². The van der Waals surface area contributed by atoms with Crippen LogP contribution in [0.15, 0.2) is 41.4 Å². The normalized spacial score (nSPS) is 16.8. The zero-order chi connectivity index (χ0) is 14.1. The molecule has 0 aliphatic carbocycles. The first-order chi connectivity index (χ1) is 9.15. The summed E-state index contributed by atoms with van der Waals surface area (Å²) in [5, 5.41) is 0. The molecule has 0 bridgehead atoms. The Morgan fingerprint density at radius 3 is 2.84 bits per heavy atom. The summed E-state index contributed by atoms with van der Waals surface area (Å²) in [7, 11) is 2.05. The van der Waals surface area contributed by atoms with Gasteiger partial charge in [-0.15, -0.1) is 0 Å². The van der Waals surface area contributed by atoms with Crippen LogP contribution in [-0.2, 0) is 0 Å². The van der Waals surface area contributed by atoms with Crippen LogP contribution in [0.3, 0.4) is 0 Å². The van der Waals surface area contributed by atoms with Gasteiger partial charge in [-0.2, -0.15) is 0 Å². The standard InChI is InChI=1S/C14H25N5/c1-3-4-5-6-8-13-18(2)11-12-19(13)10-7-9-17-14(15)16/h5-6,8,11-12H,3-4,7,9-10H2,1-2H3,(H4,15,16,17)/b6-5-,13-8+. The first-order valence-corrected chi connectivity index (χ1v) is 6.75. The molecule has 1 aliphatic rings. The van der Waals surface area contributed by atoms with Gasteiger partial charge in [0.2, 0.25) is 0 Å². The molecular weight excluding hydrogens is 238 g/mol. The highest BCUT2D eigenvalue weighted by atomic mass is 15.3. The lowest BCUT2D eigenvalue weighted by Crippen LogP contribution is -2.24. The molecule has 0 aromatic heterocycles. The van der Waals surface area contributed by atoms with Gasteiger partial charge in [0, 0.05) is 32.5 Å². The zero-order valence-electron chi connectivity index (χ0n) is 11.9. The first kappa shape index (κ1) is 15.1. The molecule has 0 saturated carbocycles. The van der Waals surface area contributed by atoms with Crippen molar-refractivity contribution in [1.82, 2.24) is 9.80 Å². The van der Waals surface area contributed by atoms with Gasteiger partial charge >= 0.3 is 0 Å². The second-order valence-electron chi connectivity index (χ2n) is 4.50. The van der Waals surface area contributed by atoms with Gasteiger partial charge in [-0.3, -0.25) is 4.99 Å². The second kappa shape index (κ2) is 8.24. The predicted octanol–water partition coefficient (Wildman–Crippen LogP) is 1.57. The lowest BCUT2D eigenvalue weighted by atomic mass is 10.3. The van der Waals surface area contributed by atoms with Crippen molar-refractivity contribution in [1.29, 1.82) is 0 Å². The van der Waals surface area contributed by atoms with Gasteiger partial charge in [0.25, 0.3) is 0 Å². The molecule has 0 radical (unpaired) electrons. The van der Waals surface area contributed by atoms with E-state index < -0.39 is 0 Å². The summed E-state index contributed by atoms with van der Waals surface area (Å²) in [5.41, 5.74) is 10.6. The van der Waals surface area contributed by atoms with Crippen LogP contribution in [-0.4, -0.2) is 35.9 Å². The molecule has 1 heterocycles. The number of aliphatic imine (C=N–C) groups is 1. The Morgan fingerprint density at radius 1 is 1.37 bits per heavy atom. The van der Waals surface area contributed by atoms with Crippen molar-refractivity contribution in [2.24, 2.45) is 16.5 Å². The summed E-state index contributed by atoms with van der Waals surface area (Å²) in [6.07, 6.45) is 13.8. The summed E-state index contributed by atoms with van der Waals surface area (Å²) in [4.78, 5) is 8.31. The molecule has 19 heavy (non-hydrogen) atoms. The molecule has 4 N–H and O–H groups in total. The number of rotatable bonds is 7. The Hall–Kier alpha value is -1.91. The van der Waals surface area contributed by atoms with E-state index in [0.717, 1.165) is 19.4 Å². The van der Waals surface area contributed by atoms with Gasteiger partial charge in [-0.1, -0.05) is 25.5 Å². The van der Waals surface area contributed by atoms with Crippen LogP contribution < -0.4 is 11.5 Å². The summed E-state index contributed by atoms with van der Waals surface area (Å²) < 4.78 is 0. The third kappa shape index (κ3) is 5.50. The van der Waals surface area contributed by atoms with Crippen molar-refractivity contribution in [3.63, 3.8) is 0 Å². The SMILES string of the molecule is CCC/C=C\C=C1/N(C)C=CN1CCCN=C(N)N. The highest BCUT2D eigenvalue weighted by Crippen LogP contribution is 2.18. The highest BCUT2D eigenvalue weighted by Gasteiger charge is 2.14. The Balaban J connectivity index is 2.47. The Bertz CT molecular complexity index is 377. The van der Waals surface area contributed by atoms with E-state index in [0.29, 0.717) is 6.54 Å². The molecule has 106 valence electrons. The number of nitrogens with zero attached hydrogens (tertiary/aromatic N) is 3. The van der Waals surface area contributed by atoms with Crippen molar-refractivity contribution in [2.75, 3.05) is 20.1 Å². The molecule has 0 unspecified atom stereocenters. The lowest BCUT2D eigenvalue weighted by molar-refractivity contribution is 0.388. The smallest absolute Gasteiger partial charge is 0.185 e. The van der Waals surface area contributed by atoms with E-state index in [-0.39, 0.29) is 5.96 Å². The van der Waals surface area contributed by atoms with E-state index in [1.807, 2.05) is 7.05 Å². The van der Waals surface area contributed by atoms with Gasteiger partial charge in [0.1, 0.15) is 5.82 Å². The van der Waals surface area contributed by atoms with E-state index in [2.05, 4.69) is 52.3 Å². The second-order valence-corrected chi connectivity index (χ2v) is 4.50. The molecule has 0 saturated heterocycles. The number of guanidine groups is 1. The number of unbranched alkanes of at least 4 members (excludes halogenated alkanes) is 1. The molecule has 5 nitrogen and oxygen atoms in total. The van der Waals surface area contributed by atoms with Gasteiger partial charge in [0.05, 0.1) is 0 Å². The average Bonchev–Trinajstić information content (AvgIpc) is 2.72. The van der Waals surface area contributed by atoms with Crippen molar-refractivity contribution in [2.45, 2.75) is 26.2 Å². The van der Waals surface area contributed by atoms with Crippen LogP contribution in [0.25, 0.3) is 0 Å². The molecule has 0 aromatic carbocycles. The molecule has 0 amide bonds. The average molecular weight is 263 g/mol. The van der Waals surface area contributed by atoms with Crippen molar-refractivity contribution >= 4 is 5.96 Å². The monoisotopic (exact) mass is 263 g/mol. The van der Waals surface area contributed by atoms with E-state index in [4.69, 9.17) is 11.5 Å². The quantitative estimate of drug-likeness (QED) is 0.415. The Labute approximate surface area is 116 Å². The van der Waals surface area contributed by atoms with E-state index in [1.54, 1.807) is 0 Å². The number of nitrogens with two attached hydrogens (primary N) is 2. The van der Waals surface area contributed by atoms with E-state index in [1.165, 1.54) is 12.2 Å². The third-order valence-corrected chi connectivity index (χ3v) is 2.81. The molecule has 0 atom stereocenters. The van der Waals surface area contributed by atoms with Crippen LogP contribution in [0.2, 0.25) is 0 Å². The molecular formula is C14H25N5. The van der Waals surface area contributed by atoms with Crippen LogP contribution in [0.1, 0.15) is 26.2 Å². The number of hydrogen-bond donors (Lipinski definition) is 2. The van der Waals surface area contributed by atoms with Gasteiger partial charge in [0.15, 0.2) is 5.96 Å². The Kier molecular flexibility index (Phi) is 6.57. The van der Waals surface area contributed by atoms with Crippen LogP contribution in [0.5, 0.6) is 0 Å². The van der Waals surface area contributed by atoms with E-state index >= 15 is 0 Å². The molecule has 0 aromatic rings. The highest BCUT2D eigenvalue weighted by molar-refractivity contribution is 5.75. The Morgan fingerprint density at radius 2 is 2.16 bits per heavy atom. The third-order valence-electron chi connectivity index (χ3n) is 2.81. The topological polar surface area (TPSA) is 70.9 Å². The fourth-order valence-electron chi connectivity index (χ4n) is 1.80. The van der Waals surface area contributed by atoms with Crippen molar-refractivity contribution < 1.29 is 0 Å². The molecule has 0 spiro atoms. The van der Waals surface area contributed by atoms with Crippen molar-refractivity contribution in [3.05, 3.63) is 36.4 Å². The maximum atomic E-state index is 5.30. The largest absolute Gasteiger partial charge is 0.370 e. The zero-order valence-corrected chi connectivity index (χ0v) is 11.9. The fraction of sp³-hybridized carbons (Fsp3) is 0.500. The number of allylic oxidation sites excluding steroid dienone is 3. The summed E-state index contributed by atoms with van der Waals surface area (Å²) in [5.74, 6) is 1.34. The molecule has 0 fully saturated rings. The minimum Gasteiger partial charge on any atom is -0.370 e.